The molecule has 1 aromatic heterocycles. The molecule has 1 aromatic rings. The third-order valence-electron chi connectivity index (χ3n) is 1.88. The van der Waals surface area contributed by atoms with Crippen LogP contribution in [0.1, 0.15) is 19.7 Å². The van der Waals surface area contributed by atoms with Crippen LogP contribution in [0.3, 0.4) is 0 Å². The summed E-state index contributed by atoms with van der Waals surface area (Å²) in [4.78, 5) is 18.4. The number of amides is 1. The monoisotopic (exact) mass is 220 g/mol. The van der Waals surface area contributed by atoms with Crippen molar-refractivity contribution in [2.75, 3.05) is 0 Å². The van der Waals surface area contributed by atoms with Crippen molar-refractivity contribution in [2.24, 2.45) is 5.10 Å². The van der Waals surface area contributed by atoms with Gasteiger partial charge >= 0.3 is 0 Å². The molecule has 0 saturated carbocycles. The molecule has 0 unspecified atom stereocenters. The maximum Gasteiger partial charge on any atom is 0.277 e. The Morgan fingerprint density at radius 3 is 2.94 bits per heavy atom. The summed E-state index contributed by atoms with van der Waals surface area (Å²) >= 11 is 0. The van der Waals surface area contributed by atoms with Gasteiger partial charge in [-0.1, -0.05) is 0 Å². The van der Waals surface area contributed by atoms with Crippen molar-refractivity contribution >= 4 is 17.9 Å². The summed E-state index contributed by atoms with van der Waals surface area (Å²) < 4.78 is 5.40. The van der Waals surface area contributed by atoms with Crippen LogP contribution in [0.4, 0.5) is 0 Å². The first-order valence-corrected chi connectivity index (χ1v) is 4.93. The molecule has 2 heterocycles. The number of nitrogens with one attached hydrogen (secondary N) is 2. The van der Waals surface area contributed by atoms with Crippen LogP contribution in [-0.4, -0.2) is 27.9 Å². The molecule has 0 aromatic carbocycles. The normalized spacial score (nSPS) is 17.8. The van der Waals surface area contributed by atoms with Crippen LogP contribution in [0.2, 0.25) is 0 Å². The number of ether oxygens (including phenoxy) is 1. The van der Waals surface area contributed by atoms with Gasteiger partial charge in [0, 0.05) is 12.4 Å². The predicted octanol–water partition coefficient (Wildman–Crippen LogP) is 0.661. The lowest BCUT2D eigenvalue weighted by atomic mass is 10.2. The summed E-state index contributed by atoms with van der Waals surface area (Å²) in [6.07, 6.45) is 4.86. The molecule has 84 valence electrons. The van der Waals surface area contributed by atoms with E-state index in [4.69, 9.17) is 4.74 Å². The third-order valence-corrected chi connectivity index (χ3v) is 1.88. The van der Waals surface area contributed by atoms with Gasteiger partial charge in [-0.05, 0) is 19.9 Å². The van der Waals surface area contributed by atoms with Gasteiger partial charge in [0.25, 0.3) is 5.91 Å². The largest absolute Gasteiger partial charge is 0.473 e. The van der Waals surface area contributed by atoms with Crippen LogP contribution in [0.5, 0.6) is 0 Å². The number of hydrazone groups is 1. The summed E-state index contributed by atoms with van der Waals surface area (Å²) in [7, 11) is 0. The van der Waals surface area contributed by atoms with Crippen molar-refractivity contribution in [3.8, 4) is 0 Å². The van der Waals surface area contributed by atoms with Crippen LogP contribution in [0.25, 0.3) is 6.08 Å². The molecule has 16 heavy (non-hydrogen) atoms. The molecular formula is C10H12N4O2. The Balaban J connectivity index is 2.24. The number of rotatable bonds is 2. The lowest BCUT2D eigenvalue weighted by molar-refractivity contribution is -0.116. The molecule has 2 N–H and O–H groups in total. The molecule has 1 aliphatic heterocycles. The Morgan fingerprint density at radius 1 is 1.50 bits per heavy atom. The van der Waals surface area contributed by atoms with Crippen LogP contribution in [0, 0.1) is 0 Å². The maximum absolute atomic E-state index is 11.5. The summed E-state index contributed by atoms with van der Waals surface area (Å²) in [6, 6.07) is 0. The van der Waals surface area contributed by atoms with Gasteiger partial charge in [-0.15, -0.1) is 5.10 Å². The van der Waals surface area contributed by atoms with Gasteiger partial charge in [0.2, 0.25) is 5.90 Å². The second-order valence-electron chi connectivity index (χ2n) is 3.56. The lowest BCUT2D eigenvalue weighted by Crippen LogP contribution is -2.16. The van der Waals surface area contributed by atoms with E-state index in [-0.39, 0.29) is 12.0 Å². The highest BCUT2D eigenvalue weighted by molar-refractivity contribution is 6.24. The van der Waals surface area contributed by atoms with Crippen molar-refractivity contribution < 1.29 is 9.53 Å². The number of carbonyl (C=O) groups is 1. The number of hydrogen-bond donors (Lipinski definition) is 2. The Labute approximate surface area is 92.4 Å². The smallest absolute Gasteiger partial charge is 0.277 e. The van der Waals surface area contributed by atoms with Gasteiger partial charge in [-0.25, -0.2) is 10.4 Å². The zero-order valence-corrected chi connectivity index (χ0v) is 9.02. The van der Waals surface area contributed by atoms with E-state index in [0.717, 1.165) is 0 Å². The molecular weight excluding hydrogens is 208 g/mol. The van der Waals surface area contributed by atoms with Crippen molar-refractivity contribution in [1.82, 2.24) is 15.4 Å². The molecule has 0 radical (unpaired) electrons. The van der Waals surface area contributed by atoms with Crippen LogP contribution in [0.15, 0.2) is 23.1 Å². The molecule has 6 heteroatoms. The number of aromatic nitrogens is 2. The van der Waals surface area contributed by atoms with Crippen molar-refractivity contribution in [3.05, 3.63) is 23.8 Å². The highest BCUT2D eigenvalue weighted by Crippen LogP contribution is 2.12. The fraction of sp³-hybridized carbons (Fsp3) is 0.300. The molecule has 0 bridgehead atoms. The quantitative estimate of drug-likeness (QED) is 0.718. The third kappa shape index (κ3) is 2.10. The average molecular weight is 220 g/mol. The van der Waals surface area contributed by atoms with Gasteiger partial charge in [-0.3, -0.25) is 4.79 Å². The van der Waals surface area contributed by atoms with E-state index in [1.54, 1.807) is 18.5 Å². The first-order chi connectivity index (χ1) is 7.66. The number of carbonyl (C=O) groups excluding carboxylic acids is 1. The topological polar surface area (TPSA) is 79.4 Å². The van der Waals surface area contributed by atoms with Gasteiger partial charge in [-0.2, -0.15) is 0 Å². The molecule has 2 rings (SSSR count). The fourth-order valence-corrected chi connectivity index (χ4v) is 1.25. The minimum atomic E-state index is -0.285. The van der Waals surface area contributed by atoms with E-state index in [2.05, 4.69) is 20.5 Å². The van der Waals surface area contributed by atoms with Gasteiger partial charge in [0.05, 0.1) is 6.10 Å². The van der Waals surface area contributed by atoms with Crippen molar-refractivity contribution in [1.29, 1.82) is 0 Å². The molecule has 6 nitrogen and oxygen atoms in total. The maximum atomic E-state index is 11.5. The Morgan fingerprint density at radius 2 is 2.31 bits per heavy atom. The lowest BCUT2D eigenvalue weighted by Gasteiger charge is -2.07. The number of H-pyrrole nitrogens is 1. The standard InChI is InChI=1S/C10H12N4O2/c1-6(2)16-10-7(9(15)13-14-10)5-8-11-3-4-12-8/h3-6H,1-2H3,(H,11,12)(H,13,15)/b7-5-. The van der Waals surface area contributed by atoms with E-state index < -0.39 is 0 Å². The molecule has 1 amide bonds. The molecule has 0 atom stereocenters. The number of nitrogens with zero attached hydrogens (tertiary/aromatic N) is 2. The van der Waals surface area contributed by atoms with E-state index in [9.17, 15) is 4.79 Å². The van der Waals surface area contributed by atoms with Crippen LogP contribution >= 0.6 is 0 Å². The van der Waals surface area contributed by atoms with Crippen LogP contribution < -0.4 is 5.43 Å². The minimum absolute atomic E-state index is 0.0357. The minimum Gasteiger partial charge on any atom is -0.473 e. The molecule has 0 aliphatic carbocycles. The molecule has 1 aliphatic rings. The fourth-order valence-electron chi connectivity index (χ4n) is 1.25. The molecule has 0 spiro atoms. The zero-order valence-electron chi connectivity index (χ0n) is 9.02. The number of hydrogen-bond acceptors (Lipinski definition) is 4. The molecule has 0 fully saturated rings. The van der Waals surface area contributed by atoms with Crippen molar-refractivity contribution in [3.63, 3.8) is 0 Å². The van der Waals surface area contributed by atoms with E-state index >= 15 is 0 Å². The summed E-state index contributed by atoms with van der Waals surface area (Å²) in [6.45, 7) is 3.74. The van der Waals surface area contributed by atoms with Crippen LogP contribution in [-0.2, 0) is 9.53 Å². The number of imidazole rings is 1. The van der Waals surface area contributed by atoms with Crippen molar-refractivity contribution in [2.45, 2.75) is 20.0 Å². The molecule has 0 saturated heterocycles. The highest BCUT2D eigenvalue weighted by Gasteiger charge is 2.25. The predicted molar refractivity (Wildman–Crippen MR) is 58.4 cm³/mol. The zero-order chi connectivity index (χ0) is 11.5. The SMILES string of the molecule is CC(C)OC1=NNC(=O)/C1=C/c1ncc[nH]1. The number of aromatic amines is 1. The van der Waals surface area contributed by atoms with E-state index in [0.29, 0.717) is 17.3 Å². The summed E-state index contributed by atoms with van der Waals surface area (Å²) in [5.74, 6) is 0.607. The summed E-state index contributed by atoms with van der Waals surface area (Å²) in [5.41, 5.74) is 2.73. The van der Waals surface area contributed by atoms with E-state index in [1.165, 1.54) is 0 Å². The average Bonchev–Trinajstić information content (AvgIpc) is 2.82. The Bertz CT molecular complexity index is 445. The first kappa shape index (κ1) is 10.4. The Kier molecular flexibility index (Phi) is 2.72. The van der Waals surface area contributed by atoms with Gasteiger partial charge < -0.3 is 9.72 Å². The second-order valence-corrected chi connectivity index (χ2v) is 3.56. The summed E-state index contributed by atoms with van der Waals surface area (Å²) in [5, 5.41) is 3.80. The van der Waals surface area contributed by atoms with Gasteiger partial charge in [0.1, 0.15) is 11.4 Å². The first-order valence-electron chi connectivity index (χ1n) is 4.93. The van der Waals surface area contributed by atoms with Gasteiger partial charge in [0.15, 0.2) is 0 Å². The highest BCUT2D eigenvalue weighted by atomic mass is 16.5. The van der Waals surface area contributed by atoms with E-state index in [1.807, 2.05) is 13.8 Å². The second kappa shape index (κ2) is 4.18. The Hall–Kier alpha value is -2.11.